The minimum Gasteiger partial charge on any atom is -0.325 e. The second kappa shape index (κ2) is 11.2. The van der Waals surface area contributed by atoms with Crippen LogP contribution in [0.3, 0.4) is 0 Å². The molecule has 0 radical (unpaired) electrons. The highest BCUT2D eigenvalue weighted by Gasteiger charge is 2.30. The van der Waals surface area contributed by atoms with Crippen LogP contribution in [0.1, 0.15) is 29.2 Å². The fourth-order valence-electron chi connectivity index (χ4n) is 4.46. The molecule has 0 saturated carbocycles. The van der Waals surface area contributed by atoms with E-state index in [1.807, 2.05) is 4.90 Å². The molecule has 1 aliphatic heterocycles. The second-order valence-corrected chi connectivity index (χ2v) is 8.79. The highest BCUT2D eigenvalue weighted by atomic mass is 19.4. The van der Waals surface area contributed by atoms with Crippen LogP contribution >= 0.6 is 0 Å². The van der Waals surface area contributed by atoms with Gasteiger partial charge in [0.25, 0.3) is 0 Å². The van der Waals surface area contributed by atoms with Crippen LogP contribution in [0.4, 0.5) is 27.6 Å². The van der Waals surface area contributed by atoms with Crippen LogP contribution in [0.25, 0.3) is 0 Å². The van der Waals surface area contributed by atoms with Gasteiger partial charge in [0.05, 0.1) is 18.2 Å². The zero-order valence-electron chi connectivity index (χ0n) is 19.4. The number of hydrogen-bond donors (Lipinski definition) is 1. The molecule has 4 nitrogen and oxygen atoms in total. The number of rotatable bonds is 6. The Bertz CT molecular complexity index is 1100. The Hall–Kier alpha value is -3.30. The minimum absolute atomic E-state index is 0.104. The molecule has 1 saturated heterocycles. The van der Waals surface area contributed by atoms with E-state index in [9.17, 15) is 26.7 Å². The summed E-state index contributed by atoms with van der Waals surface area (Å²) < 4.78 is 65.3. The number of alkyl halides is 3. The molecule has 3 aromatic carbocycles. The average molecular weight is 504 g/mol. The lowest BCUT2D eigenvalue weighted by molar-refractivity contribution is -0.137. The van der Waals surface area contributed by atoms with Gasteiger partial charge in [-0.05, 0) is 72.6 Å². The van der Waals surface area contributed by atoms with Crippen LogP contribution in [0, 0.1) is 11.6 Å². The first kappa shape index (κ1) is 25.8. The number of nitrogens with one attached hydrogen (secondary N) is 1. The van der Waals surface area contributed by atoms with E-state index in [1.165, 1.54) is 36.4 Å². The van der Waals surface area contributed by atoms with Crippen molar-refractivity contribution in [1.29, 1.82) is 0 Å². The largest absolute Gasteiger partial charge is 0.416 e. The van der Waals surface area contributed by atoms with E-state index < -0.39 is 11.7 Å². The van der Waals surface area contributed by atoms with E-state index >= 15 is 0 Å². The number of benzene rings is 3. The fraction of sp³-hybridized carbons (Fsp3) is 0.296. The zero-order chi connectivity index (χ0) is 25.7. The third kappa shape index (κ3) is 6.67. The summed E-state index contributed by atoms with van der Waals surface area (Å²) in [6, 6.07) is 16.7. The van der Waals surface area contributed by atoms with Gasteiger partial charge in [0, 0.05) is 25.3 Å². The van der Waals surface area contributed by atoms with Crippen molar-refractivity contribution in [3.05, 3.63) is 101 Å². The molecule has 190 valence electrons. The maximum atomic E-state index is 13.6. The van der Waals surface area contributed by atoms with Crippen LogP contribution in [0.15, 0.2) is 72.8 Å². The first-order valence-electron chi connectivity index (χ1n) is 11.6. The Morgan fingerprint density at radius 2 is 1.33 bits per heavy atom. The fourth-order valence-corrected chi connectivity index (χ4v) is 4.46. The van der Waals surface area contributed by atoms with Crippen molar-refractivity contribution in [3.8, 4) is 0 Å². The molecule has 0 aromatic heterocycles. The first-order valence-corrected chi connectivity index (χ1v) is 11.6. The molecule has 1 heterocycles. The summed E-state index contributed by atoms with van der Waals surface area (Å²) in [5, 5.41) is 2.65. The number of hydrogen-bond acceptors (Lipinski definition) is 3. The highest BCUT2D eigenvalue weighted by molar-refractivity contribution is 5.92. The highest BCUT2D eigenvalue weighted by Crippen LogP contribution is 2.31. The van der Waals surface area contributed by atoms with Crippen LogP contribution in [-0.4, -0.2) is 48.4 Å². The lowest BCUT2D eigenvalue weighted by Gasteiger charge is -2.31. The van der Waals surface area contributed by atoms with E-state index in [0.29, 0.717) is 25.3 Å². The van der Waals surface area contributed by atoms with E-state index in [-0.39, 0.29) is 30.1 Å². The summed E-state index contributed by atoms with van der Waals surface area (Å²) in [4.78, 5) is 16.8. The van der Waals surface area contributed by atoms with Crippen molar-refractivity contribution in [3.63, 3.8) is 0 Å². The summed E-state index contributed by atoms with van der Waals surface area (Å²) in [5.41, 5.74) is 1.30. The normalized spacial score (nSPS) is 15.6. The van der Waals surface area contributed by atoms with E-state index in [2.05, 4.69) is 10.2 Å². The summed E-state index contributed by atoms with van der Waals surface area (Å²) in [5.74, 6) is -0.979. The monoisotopic (exact) mass is 503 g/mol. The first-order chi connectivity index (χ1) is 17.2. The third-order valence-corrected chi connectivity index (χ3v) is 6.22. The maximum absolute atomic E-state index is 13.6. The molecule has 9 heteroatoms. The Morgan fingerprint density at radius 1 is 0.778 bits per heavy atom. The standard InChI is InChI=1S/C27H26F5N3O/c28-22-8-2-19(3-9-22)26(20-4-10-23(29)11-5-20)35-15-1-14-34(16-17-35)18-25(36)33-24-12-6-21(7-13-24)27(30,31)32/h2-13,26H,1,14-18H2,(H,33,36). The predicted molar refractivity (Wildman–Crippen MR) is 127 cm³/mol. The van der Waals surface area contributed by atoms with Crippen molar-refractivity contribution in [2.45, 2.75) is 18.6 Å². The van der Waals surface area contributed by atoms with Gasteiger partial charge in [-0.3, -0.25) is 14.6 Å². The van der Waals surface area contributed by atoms with E-state index in [0.717, 1.165) is 36.2 Å². The minimum atomic E-state index is -4.43. The van der Waals surface area contributed by atoms with E-state index in [4.69, 9.17) is 0 Å². The predicted octanol–water partition coefficient (Wildman–Crippen LogP) is 5.72. The van der Waals surface area contributed by atoms with Gasteiger partial charge in [-0.15, -0.1) is 0 Å². The lowest BCUT2D eigenvalue weighted by atomic mass is 9.96. The van der Waals surface area contributed by atoms with Crippen LogP contribution in [0.2, 0.25) is 0 Å². The molecule has 0 atom stereocenters. The van der Waals surface area contributed by atoms with Crippen molar-refractivity contribution >= 4 is 11.6 Å². The topological polar surface area (TPSA) is 35.6 Å². The van der Waals surface area contributed by atoms with Crippen molar-refractivity contribution < 1.29 is 26.7 Å². The lowest BCUT2D eigenvalue weighted by Crippen LogP contribution is -2.37. The molecule has 4 rings (SSSR count). The summed E-state index contributed by atoms with van der Waals surface area (Å²) >= 11 is 0. The maximum Gasteiger partial charge on any atom is 0.416 e. The van der Waals surface area contributed by atoms with Gasteiger partial charge in [0.15, 0.2) is 0 Å². The number of halogens is 5. The summed E-state index contributed by atoms with van der Waals surface area (Å²) in [6.07, 6.45) is -3.66. The summed E-state index contributed by atoms with van der Waals surface area (Å²) in [7, 11) is 0. The van der Waals surface area contributed by atoms with Gasteiger partial charge in [-0.2, -0.15) is 13.2 Å². The number of anilines is 1. The van der Waals surface area contributed by atoms with Gasteiger partial charge in [0.1, 0.15) is 11.6 Å². The van der Waals surface area contributed by atoms with E-state index in [1.54, 1.807) is 24.3 Å². The molecule has 0 aliphatic carbocycles. The average Bonchev–Trinajstić information content (AvgIpc) is 3.07. The van der Waals surface area contributed by atoms with Crippen LogP contribution < -0.4 is 5.32 Å². The number of carbonyl (C=O) groups excluding carboxylic acids is 1. The molecule has 0 bridgehead atoms. The van der Waals surface area contributed by atoms with Gasteiger partial charge in [-0.25, -0.2) is 8.78 Å². The molecule has 3 aromatic rings. The smallest absolute Gasteiger partial charge is 0.325 e. The molecule has 1 N–H and O–H groups in total. The van der Waals surface area contributed by atoms with Crippen molar-refractivity contribution in [2.75, 3.05) is 38.0 Å². The Morgan fingerprint density at radius 3 is 1.86 bits per heavy atom. The molecule has 1 fully saturated rings. The van der Waals surface area contributed by atoms with Crippen LogP contribution in [-0.2, 0) is 11.0 Å². The number of nitrogens with zero attached hydrogens (tertiary/aromatic N) is 2. The molecule has 1 amide bonds. The van der Waals surface area contributed by atoms with Gasteiger partial charge in [0.2, 0.25) is 5.91 Å². The molecule has 0 unspecified atom stereocenters. The van der Waals surface area contributed by atoms with Crippen molar-refractivity contribution in [1.82, 2.24) is 9.80 Å². The quantitative estimate of drug-likeness (QED) is 0.437. The molecule has 1 aliphatic rings. The molecule has 36 heavy (non-hydrogen) atoms. The van der Waals surface area contributed by atoms with Crippen molar-refractivity contribution in [2.24, 2.45) is 0 Å². The summed E-state index contributed by atoms with van der Waals surface area (Å²) in [6.45, 7) is 2.69. The Balaban J connectivity index is 1.41. The molecule has 0 spiro atoms. The number of amides is 1. The van der Waals surface area contributed by atoms with Gasteiger partial charge >= 0.3 is 6.18 Å². The molecular weight excluding hydrogens is 477 g/mol. The SMILES string of the molecule is O=C(CN1CCCN(C(c2ccc(F)cc2)c2ccc(F)cc2)CC1)Nc1ccc(C(F)(F)F)cc1. The zero-order valence-corrected chi connectivity index (χ0v) is 19.4. The van der Waals surface area contributed by atoms with Gasteiger partial charge in [-0.1, -0.05) is 24.3 Å². The van der Waals surface area contributed by atoms with Gasteiger partial charge < -0.3 is 5.32 Å². The number of carbonyl (C=O) groups is 1. The molecular formula is C27H26F5N3O. The van der Waals surface area contributed by atoms with Crippen LogP contribution in [0.5, 0.6) is 0 Å². The Labute approximate surface area is 206 Å². The Kier molecular flexibility index (Phi) is 8.01. The second-order valence-electron chi connectivity index (χ2n) is 8.79. The third-order valence-electron chi connectivity index (χ3n) is 6.22.